The molecule has 2 atom stereocenters. The summed E-state index contributed by atoms with van der Waals surface area (Å²) in [5.74, 6) is 1.56. The maximum atomic E-state index is 6.11. The van der Waals surface area contributed by atoms with Gasteiger partial charge in [-0.25, -0.2) is 0 Å². The fourth-order valence-corrected chi connectivity index (χ4v) is 4.34. The number of hydrogen-bond donors (Lipinski definition) is 1. The van der Waals surface area contributed by atoms with Crippen molar-refractivity contribution < 1.29 is 0 Å². The van der Waals surface area contributed by atoms with Crippen LogP contribution in [0.15, 0.2) is 47.6 Å². The van der Waals surface area contributed by atoms with E-state index in [1.54, 1.807) is 0 Å². The van der Waals surface area contributed by atoms with Crippen molar-refractivity contribution in [1.29, 1.82) is 0 Å². The molecule has 2 heterocycles. The van der Waals surface area contributed by atoms with E-state index in [0.29, 0.717) is 12.0 Å². The molecule has 2 unspecified atom stereocenters. The van der Waals surface area contributed by atoms with E-state index >= 15 is 0 Å². The summed E-state index contributed by atoms with van der Waals surface area (Å²) in [6.07, 6.45) is 3.15. The molecular formula is C22H33ClIN5. The van der Waals surface area contributed by atoms with Crippen LogP contribution >= 0.6 is 35.6 Å². The number of aromatic nitrogens is 1. The zero-order chi connectivity index (χ0) is 20.1. The monoisotopic (exact) mass is 529 g/mol. The van der Waals surface area contributed by atoms with Crippen LogP contribution < -0.4 is 5.32 Å². The third-order valence-corrected chi connectivity index (χ3v) is 5.82. The second kappa shape index (κ2) is 11.2. The van der Waals surface area contributed by atoms with Crippen LogP contribution in [-0.2, 0) is 20.1 Å². The van der Waals surface area contributed by atoms with E-state index in [2.05, 4.69) is 69.0 Å². The Kier molecular flexibility index (Phi) is 9.30. The van der Waals surface area contributed by atoms with Crippen molar-refractivity contribution in [2.75, 3.05) is 27.2 Å². The van der Waals surface area contributed by atoms with Crippen LogP contribution in [0.2, 0.25) is 5.02 Å². The standard InChI is InChI=1S/C22H32ClN5.HI/c1-17-10-19(14-28(17)13-18-8-6-5-7-9-18)12-25-22(24-2)27(4)16-21-11-20(23)15-26(21)3;/h5-9,11,15,17,19H,10,12-14,16H2,1-4H3,(H,24,25);1H. The van der Waals surface area contributed by atoms with Gasteiger partial charge in [0.05, 0.1) is 11.6 Å². The quantitative estimate of drug-likeness (QED) is 0.346. The molecule has 160 valence electrons. The predicted octanol–water partition coefficient (Wildman–Crippen LogP) is 4.21. The summed E-state index contributed by atoms with van der Waals surface area (Å²) < 4.78 is 2.06. The molecule has 1 saturated heterocycles. The lowest BCUT2D eigenvalue weighted by atomic mass is 10.1. The third kappa shape index (κ3) is 6.62. The number of aliphatic imine (C=N–C) groups is 1. The first kappa shape index (κ1) is 24.0. The molecule has 7 heteroatoms. The van der Waals surface area contributed by atoms with Gasteiger partial charge in [-0.1, -0.05) is 41.9 Å². The smallest absolute Gasteiger partial charge is 0.193 e. The van der Waals surface area contributed by atoms with E-state index in [-0.39, 0.29) is 24.0 Å². The third-order valence-electron chi connectivity index (χ3n) is 5.61. The first-order valence-electron chi connectivity index (χ1n) is 9.96. The Bertz CT molecular complexity index is 792. The first-order valence-corrected chi connectivity index (χ1v) is 10.3. The average molecular weight is 530 g/mol. The van der Waals surface area contributed by atoms with Crippen molar-refractivity contribution in [3.63, 3.8) is 0 Å². The highest BCUT2D eigenvalue weighted by atomic mass is 127. The molecule has 29 heavy (non-hydrogen) atoms. The van der Waals surface area contributed by atoms with E-state index in [4.69, 9.17) is 11.6 Å². The summed E-state index contributed by atoms with van der Waals surface area (Å²) in [6.45, 7) is 6.20. The van der Waals surface area contributed by atoms with Gasteiger partial charge in [-0.05, 0) is 30.9 Å². The van der Waals surface area contributed by atoms with E-state index in [0.717, 1.165) is 37.2 Å². The summed E-state index contributed by atoms with van der Waals surface area (Å²) in [7, 11) is 5.93. The largest absolute Gasteiger partial charge is 0.356 e. The zero-order valence-corrected chi connectivity index (χ0v) is 20.9. The van der Waals surface area contributed by atoms with Crippen molar-refractivity contribution >= 4 is 41.5 Å². The Morgan fingerprint density at radius 1 is 1.31 bits per heavy atom. The number of halogens is 2. The molecule has 0 bridgehead atoms. The molecule has 1 aromatic heterocycles. The molecule has 2 aromatic rings. The molecule has 0 aliphatic carbocycles. The molecule has 5 nitrogen and oxygen atoms in total. The molecule has 1 aliphatic heterocycles. The molecule has 1 aromatic carbocycles. The van der Waals surface area contributed by atoms with Crippen LogP contribution in [-0.4, -0.2) is 53.6 Å². The topological polar surface area (TPSA) is 35.8 Å². The maximum absolute atomic E-state index is 6.11. The maximum Gasteiger partial charge on any atom is 0.193 e. The Labute approximate surface area is 197 Å². The number of nitrogens with one attached hydrogen (secondary N) is 1. The van der Waals surface area contributed by atoms with E-state index in [1.165, 1.54) is 17.7 Å². The highest BCUT2D eigenvalue weighted by molar-refractivity contribution is 14.0. The number of aryl methyl sites for hydroxylation is 1. The lowest BCUT2D eigenvalue weighted by Crippen LogP contribution is -2.41. The van der Waals surface area contributed by atoms with Gasteiger partial charge in [-0.15, -0.1) is 24.0 Å². The van der Waals surface area contributed by atoms with Crippen molar-refractivity contribution in [3.8, 4) is 0 Å². The number of benzene rings is 1. The van der Waals surface area contributed by atoms with Gasteiger partial charge in [0.25, 0.3) is 0 Å². The van der Waals surface area contributed by atoms with Gasteiger partial charge in [0.15, 0.2) is 5.96 Å². The predicted molar refractivity (Wildman–Crippen MR) is 133 cm³/mol. The molecule has 0 spiro atoms. The minimum Gasteiger partial charge on any atom is -0.356 e. The second-order valence-electron chi connectivity index (χ2n) is 7.91. The van der Waals surface area contributed by atoms with Crippen molar-refractivity contribution in [3.05, 3.63) is 58.9 Å². The number of rotatable bonds is 6. The molecule has 1 fully saturated rings. The normalized spacial score (nSPS) is 19.8. The molecule has 1 N–H and O–H groups in total. The molecule has 0 amide bonds. The molecule has 0 radical (unpaired) electrons. The highest BCUT2D eigenvalue weighted by Gasteiger charge is 2.29. The average Bonchev–Trinajstić information content (AvgIpc) is 3.17. The lowest BCUT2D eigenvalue weighted by Gasteiger charge is -2.24. The lowest BCUT2D eigenvalue weighted by molar-refractivity contribution is 0.255. The van der Waals surface area contributed by atoms with Gasteiger partial charge in [0, 0.05) is 58.7 Å². The molecule has 3 rings (SSSR count). The Balaban J connectivity index is 0.00000300. The van der Waals surface area contributed by atoms with Crippen LogP contribution in [0.5, 0.6) is 0 Å². The first-order chi connectivity index (χ1) is 13.5. The molecular weight excluding hydrogens is 497 g/mol. The summed E-state index contributed by atoms with van der Waals surface area (Å²) in [4.78, 5) is 9.19. The van der Waals surface area contributed by atoms with Crippen molar-refractivity contribution in [2.45, 2.75) is 32.5 Å². The summed E-state index contributed by atoms with van der Waals surface area (Å²) in [6, 6.07) is 13.4. The van der Waals surface area contributed by atoms with Crippen LogP contribution in [0.4, 0.5) is 0 Å². The van der Waals surface area contributed by atoms with Gasteiger partial charge in [0.2, 0.25) is 0 Å². The summed E-state index contributed by atoms with van der Waals surface area (Å²) in [5, 5.41) is 4.34. The van der Waals surface area contributed by atoms with Gasteiger partial charge in [-0.3, -0.25) is 9.89 Å². The minimum atomic E-state index is 0. The fraction of sp³-hybridized carbons (Fsp3) is 0.500. The van der Waals surface area contributed by atoms with E-state index in [9.17, 15) is 0 Å². The number of nitrogens with zero attached hydrogens (tertiary/aromatic N) is 4. The Hall–Kier alpha value is -1.25. The Morgan fingerprint density at radius 3 is 2.66 bits per heavy atom. The molecule has 0 saturated carbocycles. The highest BCUT2D eigenvalue weighted by Crippen LogP contribution is 2.24. The van der Waals surface area contributed by atoms with Crippen LogP contribution in [0, 0.1) is 5.92 Å². The van der Waals surface area contributed by atoms with Gasteiger partial charge < -0.3 is 14.8 Å². The van der Waals surface area contributed by atoms with Crippen LogP contribution in [0.3, 0.4) is 0 Å². The fourth-order valence-electron chi connectivity index (χ4n) is 4.07. The number of likely N-dealkylation sites (tertiary alicyclic amines) is 1. The van der Waals surface area contributed by atoms with Crippen molar-refractivity contribution in [2.24, 2.45) is 18.0 Å². The SMILES string of the molecule is CN=C(NCC1CC(C)N(Cc2ccccc2)C1)N(C)Cc1cc(Cl)cn1C.I. The zero-order valence-electron chi connectivity index (χ0n) is 17.8. The van der Waals surface area contributed by atoms with E-state index in [1.807, 2.05) is 26.4 Å². The Morgan fingerprint density at radius 2 is 2.03 bits per heavy atom. The summed E-state index contributed by atoms with van der Waals surface area (Å²) >= 11 is 6.11. The van der Waals surface area contributed by atoms with Crippen LogP contribution in [0.25, 0.3) is 0 Å². The van der Waals surface area contributed by atoms with Gasteiger partial charge in [-0.2, -0.15) is 0 Å². The minimum absolute atomic E-state index is 0. The van der Waals surface area contributed by atoms with Gasteiger partial charge >= 0.3 is 0 Å². The molecule has 1 aliphatic rings. The van der Waals surface area contributed by atoms with E-state index < -0.39 is 0 Å². The number of hydrogen-bond acceptors (Lipinski definition) is 2. The second-order valence-corrected chi connectivity index (χ2v) is 8.35. The summed E-state index contributed by atoms with van der Waals surface area (Å²) in [5.41, 5.74) is 2.55. The van der Waals surface area contributed by atoms with Crippen molar-refractivity contribution in [1.82, 2.24) is 19.7 Å². The van der Waals surface area contributed by atoms with Crippen LogP contribution in [0.1, 0.15) is 24.6 Å². The van der Waals surface area contributed by atoms with Gasteiger partial charge in [0.1, 0.15) is 0 Å². The number of guanidine groups is 1.